The van der Waals surface area contributed by atoms with Crippen LogP contribution in [0.1, 0.15) is 50.3 Å². The number of hydrogen-bond donors (Lipinski definition) is 2. The van der Waals surface area contributed by atoms with Crippen LogP contribution in [0.5, 0.6) is 0 Å². The number of amides is 1. The summed E-state index contributed by atoms with van der Waals surface area (Å²) in [7, 11) is 0. The Hall–Kier alpha value is -1.36. The van der Waals surface area contributed by atoms with Gasteiger partial charge in [0.2, 0.25) is 5.91 Å². The number of fused-ring (bicyclic) bond motifs is 1. The van der Waals surface area contributed by atoms with Crippen molar-refractivity contribution in [3.63, 3.8) is 0 Å². The van der Waals surface area contributed by atoms with Gasteiger partial charge in [-0.1, -0.05) is 13.8 Å². The molecule has 5 nitrogen and oxygen atoms in total. The van der Waals surface area contributed by atoms with E-state index in [0.717, 1.165) is 57.7 Å². The molecule has 2 N–H and O–H groups in total. The second kappa shape index (κ2) is 7.43. The van der Waals surface area contributed by atoms with Gasteiger partial charge >= 0.3 is 0 Å². The summed E-state index contributed by atoms with van der Waals surface area (Å²) in [5.74, 6) is 1.29. The van der Waals surface area contributed by atoms with Crippen LogP contribution in [0.15, 0.2) is 0 Å². The van der Waals surface area contributed by atoms with Crippen molar-refractivity contribution in [3.8, 4) is 0 Å². The molecular weight excluding hydrogens is 252 g/mol. The molecule has 0 atom stereocenters. The highest BCUT2D eigenvalue weighted by Crippen LogP contribution is 2.17. The SMILES string of the molecule is CCCNC(=O)CCn1c(CCC)nc2c1CCNC2. The molecule has 0 unspecified atom stereocenters. The fraction of sp³-hybridized carbons (Fsp3) is 0.733. The molecule has 0 aromatic carbocycles. The van der Waals surface area contributed by atoms with Crippen molar-refractivity contribution in [2.24, 2.45) is 0 Å². The molecule has 0 spiro atoms. The molecule has 0 saturated carbocycles. The van der Waals surface area contributed by atoms with Crippen molar-refractivity contribution in [2.45, 2.75) is 59.0 Å². The third-order valence-corrected chi connectivity index (χ3v) is 3.67. The van der Waals surface area contributed by atoms with Crippen molar-refractivity contribution >= 4 is 5.91 Å². The third kappa shape index (κ3) is 3.60. The number of carbonyl (C=O) groups excluding carboxylic acids is 1. The Morgan fingerprint density at radius 3 is 3.00 bits per heavy atom. The highest BCUT2D eigenvalue weighted by atomic mass is 16.1. The third-order valence-electron chi connectivity index (χ3n) is 3.67. The van der Waals surface area contributed by atoms with Crippen molar-refractivity contribution < 1.29 is 4.79 Å². The lowest BCUT2D eigenvalue weighted by atomic mass is 10.2. The van der Waals surface area contributed by atoms with E-state index >= 15 is 0 Å². The lowest BCUT2D eigenvalue weighted by molar-refractivity contribution is -0.121. The average molecular weight is 278 g/mol. The molecule has 1 aromatic heterocycles. The molecule has 1 aliphatic rings. The van der Waals surface area contributed by atoms with Crippen LogP contribution in [0.2, 0.25) is 0 Å². The normalized spacial score (nSPS) is 14.1. The standard InChI is InChI=1S/C15H26N4O/c1-3-5-14-18-12-11-16-9-6-13(12)19(14)10-7-15(20)17-8-4-2/h16H,3-11H2,1-2H3,(H,17,20). The number of carbonyl (C=O) groups is 1. The zero-order valence-electron chi connectivity index (χ0n) is 12.7. The second-order valence-electron chi connectivity index (χ2n) is 5.35. The first-order chi connectivity index (χ1) is 9.76. The van der Waals surface area contributed by atoms with Crippen molar-refractivity contribution in [3.05, 3.63) is 17.2 Å². The summed E-state index contributed by atoms with van der Waals surface area (Å²) in [6.45, 7) is 7.64. The molecule has 1 amide bonds. The number of hydrogen-bond acceptors (Lipinski definition) is 3. The molecule has 0 radical (unpaired) electrons. The van der Waals surface area contributed by atoms with E-state index in [1.807, 2.05) is 0 Å². The van der Waals surface area contributed by atoms with E-state index in [1.165, 1.54) is 11.4 Å². The quantitative estimate of drug-likeness (QED) is 0.792. The topological polar surface area (TPSA) is 59.0 Å². The van der Waals surface area contributed by atoms with Gasteiger partial charge in [-0.2, -0.15) is 0 Å². The molecule has 0 saturated heterocycles. The summed E-state index contributed by atoms with van der Waals surface area (Å²) >= 11 is 0. The smallest absolute Gasteiger partial charge is 0.221 e. The molecule has 112 valence electrons. The lowest BCUT2D eigenvalue weighted by Gasteiger charge is -2.16. The van der Waals surface area contributed by atoms with Crippen LogP contribution in [0, 0.1) is 0 Å². The fourth-order valence-electron chi connectivity index (χ4n) is 2.67. The summed E-state index contributed by atoms with van der Waals surface area (Å²) in [5.41, 5.74) is 2.50. The number of nitrogens with one attached hydrogen (secondary N) is 2. The van der Waals surface area contributed by atoms with Crippen molar-refractivity contribution in [1.29, 1.82) is 0 Å². The zero-order valence-corrected chi connectivity index (χ0v) is 12.7. The zero-order chi connectivity index (χ0) is 14.4. The molecule has 0 aliphatic carbocycles. The second-order valence-corrected chi connectivity index (χ2v) is 5.35. The number of aromatic nitrogens is 2. The van der Waals surface area contributed by atoms with Crippen molar-refractivity contribution in [1.82, 2.24) is 20.2 Å². The average Bonchev–Trinajstić information content (AvgIpc) is 2.81. The predicted molar refractivity (Wildman–Crippen MR) is 79.6 cm³/mol. The largest absolute Gasteiger partial charge is 0.356 e. The molecule has 20 heavy (non-hydrogen) atoms. The highest BCUT2D eigenvalue weighted by molar-refractivity contribution is 5.75. The summed E-state index contributed by atoms with van der Waals surface area (Å²) in [6.07, 6.45) is 4.63. The Morgan fingerprint density at radius 1 is 1.40 bits per heavy atom. The van der Waals surface area contributed by atoms with Crippen LogP contribution >= 0.6 is 0 Å². The summed E-state index contributed by atoms with van der Waals surface area (Å²) in [6, 6.07) is 0. The van der Waals surface area contributed by atoms with Crippen LogP contribution in [0.4, 0.5) is 0 Å². The maximum atomic E-state index is 11.8. The number of nitrogens with zero attached hydrogens (tertiary/aromatic N) is 2. The van der Waals surface area contributed by atoms with E-state index in [0.29, 0.717) is 6.42 Å². The summed E-state index contributed by atoms with van der Waals surface area (Å²) in [5, 5.41) is 6.30. The predicted octanol–water partition coefficient (Wildman–Crippen LogP) is 1.40. The van der Waals surface area contributed by atoms with Gasteiger partial charge in [-0.3, -0.25) is 4.79 Å². The Morgan fingerprint density at radius 2 is 2.25 bits per heavy atom. The van der Waals surface area contributed by atoms with E-state index in [-0.39, 0.29) is 5.91 Å². The van der Waals surface area contributed by atoms with Gasteiger partial charge in [0, 0.05) is 51.1 Å². The first-order valence-electron chi connectivity index (χ1n) is 7.80. The van der Waals surface area contributed by atoms with Gasteiger partial charge in [-0.05, 0) is 12.8 Å². The first kappa shape index (κ1) is 15.0. The van der Waals surface area contributed by atoms with E-state index in [9.17, 15) is 4.79 Å². The molecular formula is C15H26N4O. The molecule has 2 rings (SSSR count). The summed E-state index contributed by atoms with van der Waals surface area (Å²) in [4.78, 5) is 16.5. The Kier molecular flexibility index (Phi) is 5.59. The van der Waals surface area contributed by atoms with Gasteiger partial charge in [0.15, 0.2) is 0 Å². The number of rotatable bonds is 7. The molecule has 0 bridgehead atoms. The Labute approximate surface area is 121 Å². The molecule has 5 heteroatoms. The number of imidazole rings is 1. The fourth-order valence-corrected chi connectivity index (χ4v) is 2.67. The van der Waals surface area contributed by atoms with E-state index in [2.05, 4.69) is 29.0 Å². The van der Waals surface area contributed by atoms with E-state index < -0.39 is 0 Å². The monoisotopic (exact) mass is 278 g/mol. The Balaban J connectivity index is 2.05. The van der Waals surface area contributed by atoms with Gasteiger partial charge in [0.05, 0.1) is 5.69 Å². The minimum atomic E-state index is 0.144. The molecule has 2 heterocycles. The van der Waals surface area contributed by atoms with E-state index in [4.69, 9.17) is 4.98 Å². The molecule has 1 aromatic rings. The summed E-state index contributed by atoms with van der Waals surface area (Å²) < 4.78 is 2.28. The maximum absolute atomic E-state index is 11.8. The van der Waals surface area contributed by atoms with Crippen LogP contribution < -0.4 is 10.6 Å². The van der Waals surface area contributed by atoms with Gasteiger partial charge in [-0.15, -0.1) is 0 Å². The van der Waals surface area contributed by atoms with Gasteiger partial charge in [0.1, 0.15) is 5.82 Å². The molecule has 0 fully saturated rings. The molecule has 1 aliphatic heterocycles. The van der Waals surface area contributed by atoms with Gasteiger partial charge in [0.25, 0.3) is 0 Å². The van der Waals surface area contributed by atoms with E-state index in [1.54, 1.807) is 0 Å². The van der Waals surface area contributed by atoms with Crippen LogP contribution in [0.3, 0.4) is 0 Å². The lowest BCUT2D eigenvalue weighted by Crippen LogP contribution is -2.27. The maximum Gasteiger partial charge on any atom is 0.221 e. The minimum absolute atomic E-state index is 0.144. The van der Waals surface area contributed by atoms with Crippen molar-refractivity contribution in [2.75, 3.05) is 13.1 Å². The van der Waals surface area contributed by atoms with Gasteiger partial charge in [-0.25, -0.2) is 4.98 Å². The van der Waals surface area contributed by atoms with Crippen LogP contribution in [0.25, 0.3) is 0 Å². The minimum Gasteiger partial charge on any atom is -0.356 e. The Bertz CT molecular complexity index is 453. The number of aryl methyl sites for hydroxylation is 1. The van der Waals surface area contributed by atoms with Crippen LogP contribution in [-0.2, 0) is 30.7 Å². The first-order valence-corrected chi connectivity index (χ1v) is 7.80. The van der Waals surface area contributed by atoms with Gasteiger partial charge < -0.3 is 15.2 Å². The van der Waals surface area contributed by atoms with Crippen LogP contribution in [-0.4, -0.2) is 28.5 Å². The highest BCUT2D eigenvalue weighted by Gasteiger charge is 2.19.